The third-order valence-electron chi connectivity index (χ3n) is 2.26. The first-order valence-electron chi connectivity index (χ1n) is 5.31. The molecular weight excluding hydrogens is 196 g/mol. The summed E-state index contributed by atoms with van der Waals surface area (Å²) in [6.45, 7) is 4.36. The summed E-state index contributed by atoms with van der Waals surface area (Å²) in [7, 11) is 0. The van der Waals surface area contributed by atoms with Crippen molar-refractivity contribution in [1.82, 2.24) is 10.6 Å². The largest absolute Gasteiger partial charge is 0.396 e. The zero-order valence-electron chi connectivity index (χ0n) is 9.55. The molecule has 5 nitrogen and oxygen atoms in total. The van der Waals surface area contributed by atoms with Crippen molar-refractivity contribution in [2.24, 2.45) is 5.41 Å². The predicted molar refractivity (Wildman–Crippen MR) is 58.6 cm³/mol. The van der Waals surface area contributed by atoms with Gasteiger partial charge in [-0.15, -0.1) is 0 Å². The second-order valence-corrected chi connectivity index (χ2v) is 4.09. The number of unbranched alkanes of at least 4 members (excludes halogenated alkanes) is 1. The summed E-state index contributed by atoms with van der Waals surface area (Å²) >= 11 is 0. The lowest BCUT2D eigenvalue weighted by molar-refractivity contribution is 0.0717. The molecule has 4 N–H and O–H groups in total. The number of hydrogen-bond acceptors (Lipinski definition) is 3. The summed E-state index contributed by atoms with van der Waals surface area (Å²) in [6.07, 6.45) is 1.98. The number of nitrogens with one attached hydrogen (secondary N) is 2. The minimum Gasteiger partial charge on any atom is -0.396 e. The van der Waals surface area contributed by atoms with Crippen LogP contribution in [0.15, 0.2) is 0 Å². The van der Waals surface area contributed by atoms with Gasteiger partial charge < -0.3 is 20.8 Å². The number of urea groups is 1. The minimum atomic E-state index is -0.651. The predicted octanol–water partition coefficient (Wildman–Crippen LogP) is 0.0766. The van der Waals surface area contributed by atoms with Gasteiger partial charge >= 0.3 is 6.03 Å². The Labute approximate surface area is 90.9 Å². The van der Waals surface area contributed by atoms with E-state index in [1.807, 2.05) is 6.92 Å². The molecule has 0 fully saturated rings. The van der Waals surface area contributed by atoms with E-state index in [9.17, 15) is 4.79 Å². The molecule has 0 aromatic rings. The van der Waals surface area contributed by atoms with Crippen LogP contribution in [0.2, 0.25) is 0 Å². The minimum absolute atomic E-state index is 0.154. The highest BCUT2D eigenvalue weighted by Crippen LogP contribution is 2.11. The monoisotopic (exact) mass is 218 g/mol. The SMILES string of the molecule is CCCCNC(=O)NCC(C)(CO)CO. The van der Waals surface area contributed by atoms with Gasteiger partial charge in [0.25, 0.3) is 0 Å². The van der Waals surface area contributed by atoms with E-state index in [2.05, 4.69) is 10.6 Å². The number of hydrogen-bond donors (Lipinski definition) is 4. The molecule has 0 aliphatic heterocycles. The van der Waals surface area contributed by atoms with E-state index in [1.165, 1.54) is 0 Å². The molecule has 0 saturated carbocycles. The molecule has 2 amide bonds. The van der Waals surface area contributed by atoms with Crippen LogP contribution in [0, 0.1) is 5.41 Å². The van der Waals surface area contributed by atoms with Gasteiger partial charge in [0.1, 0.15) is 0 Å². The normalized spacial score (nSPS) is 11.2. The van der Waals surface area contributed by atoms with E-state index in [0.717, 1.165) is 12.8 Å². The molecule has 0 aliphatic rings. The van der Waals surface area contributed by atoms with Gasteiger partial charge in [0.2, 0.25) is 0 Å². The molecule has 0 atom stereocenters. The Morgan fingerprint density at radius 3 is 2.33 bits per heavy atom. The zero-order chi connectivity index (χ0) is 11.7. The number of carbonyl (C=O) groups is 1. The molecule has 0 unspecified atom stereocenters. The van der Waals surface area contributed by atoms with Crippen LogP contribution in [0.3, 0.4) is 0 Å². The van der Waals surface area contributed by atoms with E-state index < -0.39 is 5.41 Å². The van der Waals surface area contributed by atoms with E-state index in [0.29, 0.717) is 6.54 Å². The molecule has 0 heterocycles. The quantitative estimate of drug-likeness (QED) is 0.457. The standard InChI is InChI=1S/C10H22N2O3/c1-3-4-5-11-9(15)12-6-10(2,7-13)8-14/h13-14H,3-8H2,1-2H3,(H2,11,12,15). The maximum absolute atomic E-state index is 11.2. The smallest absolute Gasteiger partial charge is 0.314 e. The average Bonchev–Trinajstić information content (AvgIpc) is 2.26. The van der Waals surface area contributed by atoms with Crippen molar-refractivity contribution in [3.05, 3.63) is 0 Å². The molecule has 0 aliphatic carbocycles. The van der Waals surface area contributed by atoms with Crippen LogP contribution in [0.4, 0.5) is 4.79 Å². The lowest BCUT2D eigenvalue weighted by Gasteiger charge is -2.24. The Morgan fingerprint density at radius 2 is 1.87 bits per heavy atom. The van der Waals surface area contributed by atoms with Gasteiger partial charge in [0.05, 0.1) is 13.2 Å². The van der Waals surface area contributed by atoms with Gasteiger partial charge in [-0.05, 0) is 6.42 Å². The van der Waals surface area contributed by atoms with Crippen molar-refractivity contribution in [3.8, 4) is 0 Å². The van der Waals surface area contributed by atoms with Crippen LogP contribution in [0.1, 0.15) is 26.7 Å². The Kier molecular flexibility index (Phi) is 7.07. The summed E-state index contributed by atoms with van der Waals surface area (Å²) < 4.78 is 0. The summed E-state index contributed by atoms with van der Waals surface area (Å²) in [6, 6.07) is -0.253. The van der Waals surface area contributed by atoms with Gasteiger partial charge in [-0.2, -0.15) is 0 Å². The summed E-state index contributed by atoms with van der Waals surface area (Å²) in [4.78, 5) is 11.2. The Hall–Kier alpha value is -0.810. The highest BCUT2D eigenvalue weighted by molar-refractivity contribution is 5.73. The van der Waals surface area contributed by atoms with E-state index in [4.69, 9.17) is 10.2 Å². The molecule has 0 rings (SSSR count). The fraction of sp³-hybridized carbons (Fsp3) is 0.900. The van der Waals surface area contributed by atoms with Crippen LogP contribution >= 0.6 is 0 Å². The molecule has 5 heteroatoms. The maximum atomic E-state index is 11.2. The van der Waals surface area contributed by atoms with Crippen LogP contribution in [0.5, 0.6) is 0 Å². The number of rotatable bonds is 7. The van der Waals surface area contributed by atoms with Gasteiger partial charge in [0, 0.05) is 18.5 Å². The molecular formula is C10H22N2O3. The fourth-order valence-electron chi connectivity index (χ4n) is 0.897. The van der Waals surface area contributed by atoms with Gasteiger partial charge in [-0.1, -0.05) is 20.3 Å². The van der Waals surface area contributed by atoms with Crippen LogP contribution in [-0.4, -0.2) is 42.5 Å². The molecule has 0 radical (unpaired) electrons. The second kappa shape index (κ2) is 7.48. The third-order valence-corrected chi connectivity index (χ3v) is 2.26. The number of aliphatic hydroxyl groups is 2. The van der Waals surface area contributed by atoms with Crippen molar-refractivity contribution >= 4 is 6.03 Å². The molecule has 15 heavy (non-hydrogen) atoms. The van der Waals surface area contributed by atoms with Crippen molar-refractivity contribution in [2.75, 3.05) is 26.3 Å². The lowest BCUT2D eigenvalue weighted by Crippen LogP contribution is -2.44. The topological polar surface area (TPSA) is 81.6 Å². The highest BCUT2D eigenvalue weighted by atomic mass is 16.3. The Bertz CT molecular complexity index is 182. The number of aliphatic hydroxyl groups excluding tert-OH is 2. The van der Waals surface area contributed by atoms with Crippen molar-refractivity contribution in [3.63, 3.8) is 0 Å². The number of amides is 2. The summed E-state index contributed by atoms with van der Waals surface area (Å²) in [5, 5.41) is 23.3. The van der Waals surface area contributed by atoms with Crippen molar-refractivity contribution in [2.45, 2.75) is 26.7 Å². The molecule has 0 aromatic carbocycles. The van der Waals surface area contributed by atoms with Crippen molar-refractivity contribution in [1.29, 1.82) is 0 Å². The van der Waals surface area contributed by atoms with E-state index >= 15 is 0 Å². The molecule has 90 valence electrons. The van der Waals surface area contributed by atoms with Gasteiger partial charge in [0.15, 0.2) is 0 Å². The Balaban J connectivity index is 3.69. The molecule has 0 bridgehead atoms. The van der Waals surface area contributed by atoms with Crippen LogP contribution in [0.25, 0.3) is 0 Å². The van der Waals surface area contributed by atoms with Crippen molar-refractivity contribution < 1.29 is 15.0 Å². The van der Waals surface area contributed by atoms with Crippen LogP contribution < -0.4 is 10.6 Å². The van der Waals surface area contributed by atoms with E-state index in [-0.39, 0.29) is 25.8 Å². The van der Waals surface area contributed by atoms with Gasteiger partial charge in [-0.3, -0.25) is 0 Å². The fourth-order valence-corrected chi connectivity index (χ4v) is 0.897. The average molecular weight is 218 g/mol. The molecule has 0 saturated heterocycles. The van der Waals surface area contributed by atoms with E-state index in [1.54, 1.807) is 6.92 Å². The summed E-state index contributed by atoms with van der Waals surface area (Å²) in [5.74, 6) is 0. The first-order valence-corrected chi connectivity index (χ1v) is 5.31. The number of carbonyl (C=O) groups excluding carboxylic acids is 1. The summed E-state index contributed by atoms with van der Waals surface area (Å²) in [5.41, 5.74) is -0.651. The third kappa shape index (κ3) is 6.30. The zero-order valence-corrected chi connectivity index (χ0v) is 9.55. The molecule has 0 spiro atoms. The van der Waals surface area contributed by atoms with Gasteiger partial charge in [-0.25, -0.2) is 4.79 Å². The first kappa shape index (κ1) is 14.2. The molecule has 0 aromatic heterocycles. The highest BCUT2D eigenvalue weighted by Gasteiger charge is 2.22. The lowest BCUT2D eigenvalue weighted by atomic mass is 9.93. The maximum Gasteiger partial charge on any atom is 0.314 e. The first-order chi connectivity index (χ1) is 7.08. The second-order valence-electron chi connectivity index (χ2n) is 4.09. The Morgan fingerprint density at radius 1 is 1.27 bits per heavy atom. The van der Waals surface area contributed by atoms with Crippen LogP contribution in [-0.2, 0) is 0 Å².